The maximum absolute atomic E-state index is 2.42. The molecule has 280 valence electrons. The lowest BCUT2D eigenvalue weighted by molar-refractivity contribution is 1.28. The van der Waals surface area contributed by atoms with E-state index in [0.29, 0.717) is 0 Å². The van der Waals surface area contributed by atoms with Crippen molar-refractivity contribution in [1.82, 2.24) is 0 Å². The highest BCUT2D eigenvalue weighted by Gasteiger charge is 2.19. The molecule has 0 aliphatic rings. The summed E-state index contributed by atoms with van der Waals surface area (Å²) in [5, 5.41) is 12.8. The van der Waals surface area contributed by atoms with Crippen LogP contribution in [-0.4, -0.2) is 0 Å². The van der Waals surface area contributed by atoms with Gasteiger partial charge in [0.05, 0.1) is 5.69 Å². The van der Waals surface area contributed by atoms with Crippen LogP contribution in [0.25, 0.3) is 96.6 Å². The average molecular weight is 780 g/mol. The summed E-state index contributed by atoms with van der Waals surface area (Å²) in [6, 6.07) is 82.5. The van der Waals surface area contributed by atoms with Crippen molar-refractivity contribution in [3.8, 4) is 33.4 Å². The fourth-order valence-electron chi connectivity index (χ4n) is 9.40. The monoisotopic (exact) mass is 779 g/mol. The van der Waals surface area contributed by atoms with Gasteiger partial charge >= 0.3 is 0 Å². The summed E-state index contributed by atoms with van der Waals surface area (Å²) in [6.07, 6.45) is 0. The van der Waals surface area contributed by atoms with Gasteiger partial charge in [-0.3, -0.25) is 0 Å². The van der Waals surface area contributed by atoms with Crippen LogP contribution in [0, 0.1) is 0 Å². The number of para-hydroxylation sites is 1. The lowest BCUT2D eigenvalue weighted by atomic mass is 9.94. The van der Waals surface area contributed by atoms with E-state index in [2.05, 4.69) is 229 Å². The number of fused-ring (bicyclic) bond motifs is 9. The van der Waals surface area contributed by atoms with Crippen molar-refractivity contribution in [1.29, 1.82) is 0 Å². The molecule has 0 saturated carbocycles. The van der Waals surface area contributed by atoms with Crippen LogP contribution < -0.4 is 4.90 Å². The fourth-order valence-corrected chi connectivity index (χ4v) is 10.5. The van der Waals surface area contributed by atoms with Crippen molar-refractivity contribution in [2.45, 2.75) is 0 Å². The molecule has 11 aromatic carbocycles. The molecule has 0 amide bonds. The smallest absolute Gasteiger partial charge is 0.0540 e. The van der Waals surface area contributed by atoms with Gasteiger partial charge in [-0.1, -0.05) is 176 Å². The number of hydrogen-bond acceptors (Lipinski definition) is 2. The van der Waals surface area contributed by atoms with Gasteiger partial charge in [-0.05, 0) is 119 Å². The molecule has 0 N–H and O–H groups in total. The van der Waals surface area contributed by atoms with Gasteiger partial charge in [-0.15, -0.1) is 11.3 Å². The van der Waals surface area contributed by atoms with Crippen LogP contribution in [0.5, 0.6) is 0 Å². The van der Waals surface area contributed by atoms with Crippen molar-refractivity contribution >= 4 is 91.7 Å². The van der Waals surface area contributed by atoms with Crippen LogP contribution in [0.3, 0.4) is 0 Å². The second-order valence-electron chi connectivity index (χ2n) is 15.6. The molecule has 1 aromatic heterocycles. The molecule has 0 atom stereocenters. The van der Waals surface area contributed by atoms with Crippen LogP contribution in [0.4, 0.5) is 17.1 Å². The van der Waals surface area contributed by atoms with Crippen molar-refractivity contribution in [3.05, 3.63) is 224 Å². The third-order valence-electron chi connectivity index (χ3n) is 12.2. The first kappa shape index (κ1) is 34.5. The minimum atomic E-state index is 1.10. The van der Waals surface area contributed by atoms with Gasteiger partial charge in [-0.25, -0.2) is 0 Å². The Hall–Kier alpha value is -7.52. The third kappa shape index (κ3) is 5.68. The minimum Gasteiger partial charge on any atom is -0.310 e. The fraction of sp³-hybridized carbons (Fsp3) is 0. The maximum Gasteiger partial charge on any atom is 0.0540 e. The molecular formula is C58H37NS. The number of anilines is 3. The molecule has 12 aromatic rings. The molecule has 1 heterocycles. The average Bonchev–Trinajstić information content (AvgIpc) is 3.71. The largest absolute Gasteiger partial charge is 0.310 e. The third-order valence-corrected chi connectivity index (χ3v) is 13.4. The van der Waals surface area contributed by atoms with E-state index in [4.69, 9.17) is 0 Å². The van der Waals surface area contributed by atoms with Crippen LogP contribution in [0.2, 0.25) is 0 Å². The molecule has 0 bridgehead atoms. The van der Waals surface area contributed by atoms with E-state index in [-0.39, 0.29) is 0 Å². The number of hydrogen-bond donors (Lipinski definition) is 0. The van der Waals surface area contributed by atoms with Gasteiger partial charge in [-0.2, -0.15) is 0 Å². The molecule has 0 aliphatic heterocycles. The van der Waals surface area contributed by atoms with Gasteiger partial charge in [0.15, 0.2) is 0 Å². The number of nitrogens with zero attached hydrogens (tertiary/aromatic N) is 1. The van der Waals surface area contributed by atoms with Gasteiger partial charge in [0, 0.05) is 37.1 Å². The Labute approximate surface area is 352 Å². The van der Waals surface area contributed by atoms with Crippen LogP contribution in [-0.2, 0) is 0 Å². The van der Waals surface area contributed by atoms with Crippen molar-refractivity contribution in [2.24, 2.45) is 0 Å². The van der Waals surface area contributed by atoms with E-state index in [1.54, 1.807) is 0 Å². The lowest BCUT2D eigenvalue weighted by Crippen LogP contribution is -2.11. The maximum atomic E-state index is 2.42. The molecule has 0 fully saturated rings. The zero-order chi connectivity index (χ0) is 39.6. The summed E-state index contributed by atoms with van der Waals surface area (Å²) in [5.74, 6) is 0. The molecule has 1 nitrogen and oxygen atoms in total. The standard InChI is InChI=1S/C58H37NS/c1-3-14-47-39(11-1)13-9-19-50(47)51-16-5-7-20-54(51)59(46-35-31-41(32-36-46)49-18-10-22-56-58(49)52-17-6-8-21-55(52)60-56)45-33-29-38(30-34-45)44-28-25-42-24-27-43-26-23-40-12-2-4-15-48(40)57(43)53(42)37-44/h1-37H. The second-order valence-corrected chi connectivity index (χ2v) is 16.7. The van der Waals surface area contributed by atoms with Crippen LogP contribution in [0.1, 0.15) is 0 Å². The Morgan fingerprint density at radius 1 is 0.283 bits per heavy atom. The molecule has 0 radical (unpaired) electrons. The van der Waals surface area contributed by atoms with E-state index >= 15 is 0 Å². The van der Waals surface area contributed by atoms with Crippen LogP contribution in [0.15, 0.2) is 224 Å². The van der Waals surface area contributed by atoms with Crippen LogP contribution >= 0.6 is 11.3 Å². The topological polar surface area (TPSA) is 3.24 Å². The first-order valence-corrected chi connectivity index (χ1v) is 21.4. The molecule has 0 unspecified atom stereocenters. The van der Waals surface area contributed by atoms with Gasteiger partial charge in [0.25, 0.3) is 0 Å². The summed E-state index contributed by atoms with van der Waals surface area (Å²) < 4.78 is 2.64. The quantitative estimate of drug-likeness (QED) is 0.152. The molecule has 0 aliphatic carbocycles. The Morgan fingerprint density at radius 2 is 0.800 bits per heavy atom. The highest BCUT2D eigenvalue weighted by molar-refractivity contribution is 7.25. The highest BCUT2D eigenvalue weighted by atomic mass is 32.1. The minimum absolute atomic E-state index is 1.10. The van der Waals surface area contributed by atoms with E-state index < -0.39 is 0 Å². The molecule has 0 saturated heterocycles. The predicted octanol–water partition coefficient (Wildman–Crippen LogP) is 17.1. The Kier molecular flexibility index (Phi) is 8.11. The molecule has 2 heteroatoms. The van der Waals surface area contributed by atoms with E-state index in [1.165, 1.54) is 96.6 Å². The van der Waals surface area contributed by atoms with E-state index in [0.717, 1.165) is 17.1 Å². The van der Waals surface area contributed by atoms with Gasteiger partial charge in [0.2, 0.25) is 0 Å². The summed E-state index contributed by atoms with van der Waals surface area (Å²) >= 11 is 1.87. The summed E-state index contributed by atoms with van der Waals surface area (Å²) in [7, 11) is 0. The second kappa shape index (κ2) is 14.1. The normalized spacial score (nSPS) is 11.7. The Bertz CT molecular complexity index is 3590. The van der Waals surface area contributed by atoms with Crippen molar-refractivity contribution in [3.63, 3.8) is 0 Å². The highest BCUT2D eigenvalue weighted by Crippen LogP contribution is 2.45. The number of rotatable bonds is 6. The van der Waals surface area contributed by atoms with E-state index in [9.17, 15) is 0 Å². The molecule has 60 heavy (non-hydrogen) atoms. The number of thiophene rings is 1. The Balaban J connectivity index is 1.00. The summed E-state index contributed by atoms with van der Waals surface area (Å²) in [5.41, 5.74) is 10.6. The SMILES string of the molecule is c1ccc(N(c2ccc(-c3ccc4ccc5ccc6ccccc6c5c4c3)cc2)c2ccc(-c3cccc4sc5ccccc5c34)cc2)c(-c2cccc3ccccc23)c1. The van der Waals surface area contributed by atoms with Gasteiger partial charge < -0.3 is 4.90 Å². The summed E-state index contributed by atoms with van der Waals surface area (Å²) in [4.78, 5) is 2.42. The number of benzene rings is 11. The zero-order valence-corrected chi connectivity index (χ0v) is 33.5. The van der Waals surface area contributed by atoms with Crippen molar-refractivity contribution < 1.29 is 0 Å². The van der Waals surface area contributed by atoms with E-state index in [1.807, 2.05) is 11.3 Å². The molecule has 12 rings (SSSR count). The first-order chi connectivity index (χ1) is 29.7. The van der Waals surface area contributed by atoms with Crippen molar-refractivity contribution in [2.75, 3.05) is 4.90 Å². The Morgan fingerprint density at radius 3 is 1.60 bits per heavy atom. The first-order valence-electron chi connectivity index (χ1n) is 20.6. The summed E-state index contributed by atoms with van der Waals surface area (Å²) in [6.45, 7) is 0. The zero-order valence-electron chi connectivity index (χ0n) is 32.7. The molecule has 0 spiro atoms. The van der Waals surface area contributed by atoms with Gasteiger partial charge in [0.1, 0.15) is 0 Å². The lowest BCUT2D eigenvalue weighted by Gasteiger charge is -2.28. The predicted molar refractivity (Wildman–Crippen MR) is 260 cm³/mol. The molecular weight excluding hydrogens is 743 g/mol.